The Hall–Kier alpha value is 1.11. The molecular formula is C11H19BrI2O3-2. The maximum atomic E-state index is 11.2. The van der Waals surface area contributed by atoms with Gasteiger partial charge in [0, 0.05) is 0 Å². The average Bonchev–Trinajstić information content (AvgIpc) is 2.31. The first-order valence-electron chi connectivity index (χ1n) is 5.14. The van der Waals surface area contributed by atoms with Crippen molar-refractivity contribution < 1.29 is 55.4 Å². The van der Waals surface area contributed by atoms with Crippen molar-refractivity contribution in [1.29, 1.82) is 0 Å². The Balaban J connectivity index is 4.12. The van der Waals surface area contributed by atoms with Crippen molar-refractivity contribution in [2.75, 3.05) is 16.5 Å². The minimum absolute atomic E-state index is 0.248. The van der Waals surface area contributed by atoms with E-state index in [2.05, 4.69) is 44.7 Å². The van der Waals surface area contributed by atoms with Crippen molar-refractivity contribution in [1.82, 2.24) is 0 Å². The van der Waals surface area contributed by atoms with Crippen LogP contribution < -0.4 is 42.8 Å². The molecule has 0 rings (SSSR count). The molecule has 0 fully saturated rings. The monoisotopic (exact) mass is 532 g/mol. The van der Waals surface area contributed by atoms with Gasteiger partial charge in [0.05, 0.1) is 0 Å². The van der Waals surface area contributed by atoms with Crippen molar-refractivity contribution in [3.8, 4) is 0 Å². The van der Waals surface area contributed by atoms with Gasteiger partial charge in [-0.15, -0.1) is 0 Å². The fourth-order valence-electron chi connectivity index (χ4n) is 0.872. The molecule has 0 aliphatic rings. The number of hydrogen-bond donors (Lipinski definition) is 0. The van der Waals surface area contributed by atoms with E-state index >= 15 is 0 Å². The summed E-state index contributed by atoms with van der Waals surface area (Å²) < 4.78 is 12.0. The van der Waals surface area contributed by atoms with Crippen LogP contribution in [0.3, 0.4) is 0 Å². The van der Waals surface area contributed by atoms with Crippen LogP contribution in [0.2, 0.25) is 0 Å². The molecular weight excluding hydrogens is 514 g/mol. The number of carbonyl (C=O) groups excluding carboxylic acids is 1. The summed E-state index contributed by atoms with van der Waals surface area (Å²) in [7, 11) is 1.39. The zero-order chi connectivity index (χ0) is 13.3. The number of carbonyl (C=O) groups is 1. The number of halogens is 3. The van der Waals surface area contributed by atoms with Gasteiger partial charge in [-0.25, -0.2) is 0 Å². The van der Waals surface area contributed by atoms with E-state index in [1.165, 1.54) is 11.5 Å². The van der Waals surface area contributed by atoms with Gasteiger partial charge in [-0.2, -0.15) is 0 Å². The first kappa shape index (κ1) is 18.1. The zero-order valence-corrected chi connectivity index (χ0v) is 16.4. The number of allylic oxidation sites excluding steroid dienone is 2. The van der Waals surface area contributed by atoms with Crippen LogP contribution in [0.4, 0.5) is 0 Å². The predicted molar refractivity (Wildman–Crippen MR) is 64.7 cm³/mol. The standard InChI is InChI=1S/C11H19BrI2O3/c1-8(12)5-6-10(7-13-3)14-17-9(2)11(15)16-4/h5-6,8-10H,7H2,1-4H3/q-2/b6-5-/t8?,9-,10?/m0/s1. The van der Waals surface area contributed by atoms with Crippen LogP contribution in [-0.2, 0) is 12.6 Å². The van der Waals surface area contributed by atoms with Gasteiger partial charge in [-0.05, 0) is 0 Å². The summed E-state index contributed by atoms with van der Waals surface area (Å²) in [6, 6.07) is 0. The molecule has 0 aromatic heterocycles. The van der Waals surface area contributed by atoms with Gasteiger partial charge >= 0.3 is 135 Å². The molecule has 17 heavy (non-hydrogen) atoms. The summed E-state index contributed by atoms with van der Waals surface area (Å²) in [4.78, 5) is 13.9. The normalized spacial score (nSPS) is 17.2. The van der Waals surface area contributed by atoms with E-state index in [4.69, 9.17) is 3.07 Å². The summed E-state index contributed by atoms with van der Waals surface area (Å²) in [6.07, 6.45) is 3.94. The second kappa shape index (κ2) is 11.0. The summed E-state index contributed by atoms with van der Waals surface area (Å²) in [5, 5.41) is 0. The van der Waals surface area contributed by atoms with Crippen LogP contribution in [0.25, 0.3) is 0 Å². The molecule has 0 heterocycles. The van der Waals surface area contributed by atoms with Crippen molar-refractivity contribution in [3.63, 3.8) is 0 Å². The maximum absolute atomic E-state index is 11.2. The van der Waals surface area contributed by atoms with Gasteiger partial charge in [0.15, 0.2) is 0 Å². The fourth-order valence-corrected chi connectivity index (χ4v) is 6.90. The van der Waals surface area contributed by atoms with E-state index in [0.717, 1.165) is 0 Å². The third kappa shape index (κ3) is 9.66. The first-order chi connectivity index (χ1) is 8.01. The molecule has 3 nitrogen and oxygen atoms in total. The Kier molecular flexibility index (Phi) is 11.7. The Morgan fingerprint density at radius 2 is 2.06 bits per heavy atom. The van der Waals surface area contributed by atoms with Crippen molar-refractivity contribution >= 4 is 21.9 Å². The Bertz CT molecular complexity index is 247. The molecule has 6 heteroatoms. The van der Waals surface area contributed by atoms with Gasteiger partial charge in [-0.3, -0.25) is 0 Å². The van der Waals surface area contributed by atoms with E-state index < -0.39 is 27.7 Å². The summed E-state index contributed by atoms with van der Waals surface area (Å²) in [5.41, 5.74) is 0. The molecule has 0 aromatic rings. The van der Waals surface area contributed by atoms with E-state index in [9.17, 15) is 4.79 Å². The molecule has 0 bridgehead atoms. The molecule has 0 N–H and O–H groups in total. The Morgan fingerprint density at radius 1 is 1.41 bits per heavy atom. The van der Waals surface area contributed by atoms with Crippen LogP contribution in [0, 0.1) is 0 Å². The second-order valence-electron chi connectivity index (χ2n) is 3.34. The van der Waals surface area contributed by atoms with Crippen LogP contribution in [0.15, 0.2) is 12.2 Å². The summed E-state index contributed by atoms with van der Waals surface area (Å²) in [5.74, 6) is -0.285. The van der Waals surface area contributed by atoms with Crippen molar-refractivity contribution in [3.05, 3.63) is 12.2 Å². The van der Waals surface area contributed by atoms with Crippen LogP contribution in [0.1, 0.15) is 13.8 Å². The van der Waals surface area contributed by atoms with Crippen LogP contribution in [-0.4, -0.2) is 37.3 Å². The molecule has 0 amide bonds. The SMILES string of the molecule is COC(=O)[C@H](C)O[I-]C(/C=C\C(C)Br)C[I-]C. The van der Waals surface area contributed by atoms with Gasteiger partial charge < -0.3 is 0 Å². The average molecular weight is 533 g/mol. The predicted octanol–water partition coefficient (Wildman–Crippen LogP) is -4.00. The van der Waals surface area contributed by atoms with E-state index in [1.807, 2.05) is 0 Å². The molecule has 0 aliphatic heterocycles. The van der Waals surface area contributed by atoms with Gasteiger partial charge in [0.25, 0.3) is 0 Å². The third-order valence-electron chi connectivity index (χ3n) is 1.72. The molecule has 2 unspecified atom stereocenters. The first-order valence-corrected chi connectivity index (χ1v) is 11.9. The Morgan fingerprint density at radius 3 is 2.53 bits per heavy atom. The summed E-state index contributed by atoms with van der Waals surface area (Å²) >= 11 is 3.30. The van der Waals surface area contributed by atoms with Crippen LogP contribution in [0.5, 0.6) is 0 Å². The van der Waals surface area contributed by atoms with Crippen molar-refractivity contribution in [2.45, 2.75) is 28.7 Å². The topological polar surface area (TPSA) is 35.5 Å². The molecule has 3 atom stereocenters. The van der Waals surface area contributed by atoms with E-state index in [1.54, 1.807) is 6.92 Å². The molecule has 0 aliphatic carbocycles. The van der Waals surface area contributed by atoms with Gasteiger partial charge in [0.1, 0.15) is 0 Å². The van der Waals surface area contributed by atoms with Gasteiger partial charge in [0.2, 0.25) is 0 Å². The number of esters is 1. The second-order valence-corrected chi connectivity index (χ2v) is 9.81. The van der Waals surface area contributed by atoms with Crippen LogP contribution >= 0.6 is 15.9 Å². The summed E-state index contributed by atoms with van der Waals surface area (Å²) in [6.45, 7) is 3.84. The van der Waals surface area contributed by atoms with Gasteiger partial charge in [-0.1, -0.05) is 0 Å². The third-order valence-corrected chi connectivity index (χ3v) is 8.10. The van der Waals surface area contributed by atoms with Crippen molar-refractivity contribution in [2.24, 2.45) is 0 Å². The number of alkyl halides is 4. The molecule has 0 aromatic carbocycles. The number of rotatable bonds is 8. The van der Waals surface area contributed by atoms with E-state index in [-0.39, 0.29) is 27.2 Å². The minimum atomic E-state index is -0.440. The molecule has 0 saturated heterocycles. The van der Waals surface area contributed by atoms with E-state index in [0.29, 0.717) is 8.75 Å². The molecule has 104 valence electrons. The molecule has 0 radical (unpaired) electrons. The number of hydrogen-bond acceptors (Lipinski definition) is 3. The zero-order valence-electron chi connectivity index (χ0n) is 10.5. The number of methoxy groups -OCH3 is 1. The quantitative estimate of drug-likeness (QED) is 0.138. The Labute approximate surface area is 133 Å². The number of ether oxygens (including phenoxy) is 1. The molecule has 0 saturated carbocycles. The fraction of sp³-hybridized carbons (Fsp3) is 0.727. The molecule has 0 spiro atoms.